The van der Waals surface area contributed by atoms with Crippen LogP contribution in [0.1, 0.15) is 29.8 Å². The summed E-state index contributed by atoms with van der Waals surface area (Å²) in [4.78, 5) is 12.6. The van der Waals surface area contributed by atoms with Crippen LogP contribution >= 0.6 is 11.6 Å². The van der Waals surface area contributed by atoms with E-state index >= 15 is 0 Å². The van der Waals surface area contributed by atoms with E-state index in [1.807, 2.05) is 13.8 Å². The maximum Gasteiger partial charge on any atom is 0.255 e. The Morgan fingerprint density at radius 3 is 2.46 bits per heavy atom. The number of halogens is 1. The fourth-order valence-corrected chi connectivity index (χ4v) is 3.11. The molecule has 0 aliphatic carbocycles. The summed E-state index contributed by atoms with van der Waals surface area (Å²) < 4.78 is 29.0. The van der Waals surface area contributed by atoms with Crippen molar-refractivity contribution in [1.29, 1.82) is 0 Å². The third-order valence-electron chi connectivity index (χ3n) is 3.64. The lowest BCUT2D eigenvalue weighted by Gasteiger charge is -2.13. The molecule has 0 saturated carbocycles. The van der Waals surface area contributed by atoms with Gasteiger partial charge in [-0.15, -0.1) is 0 Å². The van der Waals surface area contributed by atoms with Crippen molar-refractivity contribution in [1.82, 2.24) is 0 Å². The van der Waals surface area contributed by atoms with Gasteiger partial charge in [0.15, 0.2) is 9.84 Å². The summed E-state index contributed by atoms with van der Waals surface area (Å²) in [6, 6.07) is 9.46. The lowest BCUT2D eigenvalue weighted by molar-refractivity contribution is 0.102. The zero-order chi connectivity index (χ0) is 19.5. The van der Waals surface area contributed by atoms with Crippen LogP contribution < -0.4 is 10.1 Å². The van der Waals surface area contributed by atoms with Gasteiger partial charge in [0.05, 0.1) is 16.5 Å². The SMILES string of the molecule is Cc1ccc(S(C)(=O)=O)cc1C(=O)Nc1ccc(OCC(C)C)c(Cl)c1. The number of anilines is 1. The first-order valence-corrected chi connectivity index (χ1v) is 10.4. The van der Waals surface area contributed by atoms with Gasteiger partial charge in [-0.05, 0) is 48.7 Å². The first-order chi connectivity index (χ1) is 12.1. The number of sulfone groups is 1. The molecule has 0 heterocycles. The first-order valence-electron chi connectivity index (χ1n) is 8.12. The Hall–Kier alpha value is -2.05. The third kappa shape index (κ3) is 5.22. The highest BCUT2D eigenvalue weighted by atomic mass is 35.5. The van der Waals surface area contributed by atoms with E-state index in [4.69, 9.17) is 16.3 Å². The second-order valence-electron chi connectivity index (χ2n) is 6.55. The maximum atomic E-state index is 12.5. The molecule has 2 rings (SSSR count). The summed E-state index contributed by atoms with van der Waals surface area (Å²) in [6.45, 7) is 6.37. The summed E-state index contributed by atoms with van der Waals surface area (Å²) in [5.74, 6) is 0.518. The van der Waals surface area contributed by atoms with E-state index in [0.29, 0.717) is 40.1 Å². The molecule has 5 nitrogen and oxygen atoms in total. The monoisotopic (exact) mass is 395 g/mol. The van der Waals surface area contributed by atoms with Gasteiger partial charge in [-0.3, -0.25) is 4.79 Å². The molecule has 0 fully saturated rings. The van der Waals surface area contributed by atoms with Gasteiger partial charge in [0.25, 0.3) is 5.91 Å². The summed E-state index contributed by atoms with van der Waals surface area (Å²) >= 11 is 6.20. The number of hydrogen-bond donors (Lipinski definition) is 1. The number of carbonyl (C=O) groups excluding carboxylic acids is 1. The van der Waals surface area contributed by atoms with Crippen molar-refractivity contribution in [3.63, 3.8) is 0 Å². The lowest BCUT2D eigenvalue weighted by Crippen LogP contribution is -2.14. The van der Waals surface area contributed by atoms with Gasteiger partial charge in [0, 0.05) is 17.5 Å². The number of benzene rings is 2. The normalized spacial score (nSPS) is 11.5. The predicted molar refractivity (Wildman–Crippen MR) is 104 cm³/mol. The molecule has 0 saturated heterocycles. The molecule has 0 atom stereocenters. The molecule has 7 heteroatoms. The van der Waals surface area contributed by atoms with Gasteiger partial charge >= 0.3 is 0 Å². The Labute approximate surface area is 159 Å². The van der Waals surface area contributed by atoms with Crippen LogP contribution in [0.25, 0.3) is 0 Å². The van der Waals surface area contributed by atoms with Crippen molar-refractivity contribution in [2.75, 3.05) is 18.2 Å². The van der Waals surface area contributed by atoms with E-state index in [-0.39, 0.29) is 4.90 Å². The zero-order valence-corrected chi connectivity index (χ0v) is 16.7. The smallest absolute Gasteiger partial charge is 0.255 e. The Morgan fingerprint density at radius 2 is 1.88 bits per heavy atom. The molecule has 0 aliphatic heterocycles. The minimum absolute atomic E-state index is 0.101. The van der Waals surface area contributed by atoms with Crippen LogP contribution in [0.3, 0.4) is 0 Å². The number of carbonyl (C=O) groups is 1. The highest BCUT2D eigenvalue weighted by Crippen LogP contribution is 2.28. The highest BCUT2D eigenvalue weighted by molar-refractivity contribution is 7.90. The Morgan fingerprint density at radius 1 is 1.19 bits per heavy atom. The molecule has 0 radical (unpaired) electrons. The quantitative estimate of drug-likeness (QED) is 0.789. The van der Waals surface area contributed by atoms with Crippen molar-refractivity contribution in [3.8, 4) is 5.75 Å². The fourth-order valence-electron chi connectivity index (χ4n) is 2.23. The summed E-state index contributed by atoms with van der Waals surface area (Å²) in [5, 5.41) is 3.13. The molecule has 2 aromatic carbocycles. The molecule has 0 aromatic heterocycles. The van der Waals surface area contributed by atoms with E-state index in [2.05, 4.69) is 5.32 Å². The van der Waals surface area contributed by atoms with Gasteiger partial charge < -0.3 is 10.1 Å². The van der Waals surface area contributed by atoms with E-state index in [0.717, 1.165) is 6.26 Å². The summed E-state index contributed by atoms with van der Waals surface area (Å²) in [7, 11) is -3.39. The molecular formula is C19H22ClNO4S. The summed E-state index contributed by atoms with van der Waals surface area (Å²) in [6.07, 6.45) is 1.11. The number of ether oxygens (including phenoxy) is 1. The number of rotatable bonds is 6. The highest BCUT2D eigenvalue weighted by Gasteiger charge is 2.15. The molecule has 140 valence electrons. The van der Waals surface area contributed by atoms with Crippen LogP contribution in [0.5, 0.6) is 5.75 Å². The molecule has 1 N–H and O–H groups in total. The van der Waals surface area contributed by atoms with Gasteiger partial charge in [0.2, 0.25) is 0 Å². The second-order valence-corrected chi connectivity index (χ2v) is 8.98. The van der Waals surface area contributed by atoms with Crippen LogP contribution in [-0.4, -0.2) is 27.2 Å². The van der Waals surface area contributed by atoms with Crippen LogP contribution in [0.4, 0.5) is 5.69 Å². The number of nitrogens with one attached hydrogen (secondary N) is 1. The lowest BCUT2D eigenvalue weighted by atomic mass is 10.1. The Bertz CT molecular complexity index is 923. The van der Waals surface area contributed by atoms with Gasteiger partial charge in [-0.1, -0.05) is 31.5 Å². The van der Waals surface area contributed by atoms with Crippen molar-refractivity contribution >= 4 is 33.0 Å². The predicted octanol–water partition coefficient (Wildman–Crippen LogP) is 4.34. The Balaban J connectivity index is 2.21. The number of amides is 1. The molecule has 0 unspecified atom stereocenters. The standard InChI is InChI=1S/C19H22ClNO4S/c1-12(2)11-25-18-8-6-14(9-17(18)20)21-19(22)16-10-15(26(4,23)24)7-5-13(16)3/h5-10,12H,11H2,1-4H3,(H,21,22). The summed E-state index contributed by atoms with van der Waals surface area (Å²) in [5.41, 5.74) is 1.48. The first kappa shape index (κ1) is 20.3. The van der Waals surface area contributed by atoms with Gasteiger partial charge in [-0.2, -0.15) is 0 Å². The van der Waals surface area contributed by atoms with Crippen LogP contribution in [0.15, 0.2) is 41.3 Å². The van der Waals surface area contributed by atoms with Crippen LogP contribution in [0.2, 0.25) is 5.02 Å². The van der Waals surface area contributed by atoms with Crippen molar-refractivity contribution in [2.45, 2.75) is 25.7 Å². The maximum absolute atomic E-state index is 12.5. The van der Waals surface area contributed by atoms with E-state index in [1.165, 1.54) is 12.1 Å². The average Bonchev–Trinajstić information content (AvgIpc) is 2.53. The zero-order valence-electron chi connectivity index (χ0n) is 15.2. The molecular weight excluding hydrogens is 374 g/mol. The van der Waals surface area contributed by atoms with E-state index in [9.17, 15) is 13.2 Å². The minimum atomic E-state index is -3.39. The van der Waals surface area contributed by atoms with E-state index in [1.54, 1.807) is 31.2 Å². The van der Waals surface area contributed by atoms with Crippen molar-refractivity contribution in [2.24, 2.45) is 5.92 Å². The largest absolute Gasteiger partial charge is 0.492 e. The average molecular weight is 396 g/mol. The molecule has 0 aliphatic rings. The van der Waals surface area contributed by atoms with Crippen LogP contribution in [-0.2, 0) is 9.84 Å². The third-order valence-corrected chi connectivity index (χ3v) is 5.05. The second kappa shape index (κ2) is 8.10. The molecule has 0 spiro atoms. The molecule has 2 aromatic rings. The Kier molecular flexibility index (Phi) is 6.31. The van der Waals surface area contributed by atoms with Gasteiger partial charge in [-0.25, -0.2) is 8.42 Å². The van der Waals surface area contributed by atoms with E-state index < -0.39 is 15.7 Å². The topological polar surface area (TPSA) is 72.5 Å². The number of aryl methyl sites for hydroxylation is 1. The van der Waals surface area contributed by atoms with Crippen molar-refractivity contribution < 1.29 is 17.9 Å². The van der Waals surface area contributed by atoms with Crippen LogP contribution in [0, 0.1) is 12.8 Å². The molecule has 1 amide bonds. The fraction of sp³-hybridized carbons (Fsp3) is 0.316. The number of hydrogen-bond acceptors (Lipinski definition) is 4. The minimum Gasteiger partial charge on any atom is -0.492 e. The molecule has 0 bridgehead atoms. The van der Waals surface area contributed by atoms with Gasteiger partial charge in [0.1, 0.15) is 5.75 Å². The molecule has 26 heavy (non-hydrogen) atoms. The van der Waals surface area contributed by atoms with Crippen molar-refractivity contribution in [3.05, 3.63) is 52.5 Å².